The first-order chi connectivity index (χ1) is 14.6. The minimum atomic E-state index is -0.570. The van der Waals surface area contributed by atoms with Gasteiger partial charge in [0.1, 0.15) is 25.3 Å². The lowest BCUT2D eigenvalue weighted by Crippen LogP contribution is -2.11. The molecule has 0 spiro atoms. The van der Waals surface area contributed by atoms with Gasteiger partial charge in [-0.05, 0) is 32.0 Å². The number of benzene rings is 2. The summed E-state index contributed by atoms with van der Waals surface area (Å²) in [7, 11) is 0. The van der Waals surface area contributed by atoms with Crippen LogP contribution in [0.25, 0.3) is 0 Å². The summed E-state index contributed by atoms with van der Waals surface area (Å²) in [6, 6.07) is 18.4. The van der Waals surface area contributed by atoms with Crippen LogP contribution in [0, 0.1) is 0 Å². The Morgan fingerprint density at radius 1 is 0.667 bits per heavy atom. The van der Waals surface area contributed by atoms with E-state index in [4.69, 9.17) is 9.47 Å². The molecule has 2 aromatic carbocycles. The van der Waals surface area contributed by atoms with Crippen LogP contribution in [0.3, 0.4) is 0 Å². The minimum absolute atomic E-state index is 0.0856. The summed E-state index contributed by atoms with van der Waals surface area (Å²) in [4.78, 5) is 22.5. The molecule has 0 saturated heterocycles. The maximum Gasteiger partial charge on any atom is 0.303 e. The van der Waals surface area contributed by atoms with Crippen molar-refractivity contribution in [3.05, 3.63) is 71.8 Å². The van der Waals surface area contributed by atoms with Crippen molar-refractivity contribution >= 4 is 11.9 Å². The fraction of sp³-hybridized carbons (Fsp3) is 0.300. The molecule has 0 amide bonds. The topological polar surface area (TPSA) is 127 Å². The summed E-state index contributed by atoms with van der Waals surface area (Å²) in [6.07, 6.45) is -1.14. The van der Waals surface area contributed by atoms with Crippen molar-refractivity contribution in [1.29, 1.82) is 0 Å². The molecular formula is C20H22N6O4. The van der Waals surface area contributed by atoms with Crippen LogP contribution in [0.5, 0.6) is 0 Å². The Morgan fingerprint density at radius 3 is 1.37 bits per heavy atom. The van der Waals surface area contributed by atoms with Gasteiger partial charge in [-0.3, -0.25) is 9.59 Å². The molecule has 2 unspecified atom stereocenters. The van der Waals surface area contributed by atoms with Gasteiger partial charge in [-0.15, -0.1) is 0 Å². The van der Waals surface area contributed by atoms with Crippen LogP contribution in [0.15, 0.2) is 91.8 Å². The molecule has 0 heterocycles. The van der Waals surface area contributed by atoms with Gasteiger partial charge >= 0.3 is 11.9 Å². The molecule has 0 aliphatic carbocycles. The van der Waals surface area contributed by atoms with Crippen molar-refractivity contribution in [1.82, 2.24) is 0 Å². The van der Waals surface area contributed by atoms with Gasteiger partial charge in [0.15, 0.2) is 0 Å². The molecule has 10 nitrogen and oxygen atoms in total. The summed E-state index contributed by atoms with van der Waals surface area (Å²) in [6.45, 7) is 2.82. The second-order valence-corrected chi connectivity index (χ2v) is 6.02. The molecule has 2 rings (SSSR count). The van der Waals surface area contributed by atoms with Crippen LogP contribution in [-0.2, 0) is 19.1 Å². The number of ether oxygens (including phenoxy) is 2. The van der Waals surface area contributed by atoms with Gasteiger partial charge in [-0.2, -0.15) is 10.2 Å². The lowest BCUT2D eigenvalue weighted by atomic mass is 10.1. The highest BCUT2D eigenvalue weighted by molar-refractivity contribution is 5.66. The van der Waals surface area contributed by atoms with E-state index in [9.17, 15) is 9.59 Å². The highest BCUT2D eigenvalue weighted by Gasteiger charge is 2.14. The maximum absolute atomic E-state index is 11.3. The van der Waals surface area contributed by atoms with Crippen molar-refractivity contribution in [3.63, 3.8) is 0 Å². The SMILES string of the molecule is CC(=O)OC(CN=NN=NN=NCC(OC(C)=O)c1ccccc1)c1ccccc1. The van der Waals surface area contributed by atoms with Crippen molar-refractivity contribution in [2.45, 2.75) is 26.1 Å². The Morgan fingerprint density at radius 2 is 1.03 bits per heavy atom. The fourth-order valence-corrected chi connectivity index (χ4v) is 2.47. The number of carbonyl (C=O) groups excluding carboxylic acids is 2. The molecule has 0 aromatic heterocycles. The Bertz CT molecular complexity index is 813. The molecule has 0 N–H and O–H groups in total. The molecule has 156 valence electrons. The highest BCUT2D eigenvalue weighted by atomic mass is 16.5. The van der Waals surface area contributed by atoms with Gasteiger partial charge in [0.05, 0.1) is 0 Å². The van der Waals surface area contributed by atoms with E-state index < -0.39 is 24.1 Å². The standard InChI is InChI=1S/C20H22N6O4/c1-15(27)29-19(17-9-5-3-6-10-17)13-21-23-25-26-24-22-14-20(30-16(2)28)18-11-7-4-8-12-18/h3-12,19-20H,13-14H2,1-2H3. The van der Waals surface area contributed by atoms with Gasteiger partial charge in [-0.25, -0.2) is 0 Å². The number of carbonyl (C=O) groups is 2. The van der Waals surface area contributed by atoms with Gasteiger partial charge in [0, 0.05) is 13.8 Å². The number of nitrogens with zero attached hydrogens (tertiary/aromatic N) is 6. The number of hydrogen-bond acceptors (Lipinski definition) is 6. The second-order valence-electron chi connectivity index (χ2n) is 6.02. The first kappa shape index (κ1) is 22.5. The number of rotatable bonds is 10. The van der Waals surface area contributed by atoms with Crippen LogP contribution in [-0.4, -0.2) is 25.0 Å². The molecule has 0 bridgehead atoms. The van der Waals surface area contributed by atoms with Crippen molar-refractivity contribution in [2.24, 2.45) is 31.1 Å². The minimum Gasteiger partial charge on any atom is -0.456 e. The summed E-state index contributed by atoms with van der Waals surface area (Å²) < 4.78 is 10.5. The van der Waals surface area contributed by atoms with Crippen LogP contribution < -0.4 is 0 Å². The van der Waals surface area contributed by atoms with E-state index in [1.807, 2.05) is 60.7 Å². The number of hydrogen-bond donors (Lipinski definition) is 0. The quantitative estimate of drug-likeness (QED) is 0.317. The average Bonchev–Trinajstić information content (AvgIpc) is 2.74. The normalized spacial score (nSPS) is 13.5. The highest BCUT2D eigenvalue weighted by Crippen LogP contribution is 2.19. The van der Waals surface area contributed by atoms with Crippen molar-refractivity contribution < 1.29 is 19.1 Å². The molecule has 0 aliphatic rings. The zero-order chi connectivity index (χ0) is 21.6. The zero-order valence-corrected chi connectivity index (χ0v) is 16.7. The average molecular weight is 410 g/mol. The molecule has 2 aromatic rings. The number of esters is 2. The van der Waals surface area contributed by atoms with Crippen LogP contribution in [0.4, 0.5) is 0 Å². The third-order valence-electron chi connectivity index (χ3n) is 3.70. The molecule has 10 heteroatoms. The Balaban J connectivity index is 1.86. The summed E-state index contributed by atoms with van der Waals surface area (Å²) in [5, 5.41) is 21.6. The summed E-state index contributed by atoms with van der Waals surface area (Å²) in [5.74, 6) is -0.842. The van der Waals surface area contributed by atoms with E-state index in [2.05, 4.69) is 31.1 Å². The van der Waals surface area contributed by atoms with Gasteiger partial charge in [0.25, 0.3) is 0 Å². The van der Waals surface area contributed by atoms with E-state index in [0.717, 1.165) is 11.1 Å². The predicted octanol–water partition coefficient (Wildman–Crippen LogP) is 4.78. The fourth-order valence-electron chi connectivity index (χ4n) is 2.47. The molecule has 0 radical (unpaired) electrons. The van der Waals surface area contributed by atoms with E-state index in [1.165, 1.54) is 13.8 Å². The third-order valence-corrected chi connectivity index (χ3v) is 3.70. The van der Waals surface area contributed by atoms with Crippen molar-refractivity contribution in [3.8, 4) is 0 Å². The van der Waals surface area contributed by atoms with Crippen molar-refractivity contribution in [2.75, 3.05) is 13.1 Å². The first-order valence-corrected chi connectivity index (χ1v) is 9.14. The molecule has 2 atom stereocenters. The molecule has 30 heavy (non-hydrogen) atoms. The van der Waals surface area contributed by atoms with Gasteiger partial charge < -0.3 is 9.47 Å². The zero-order valence-electron chi connectivity index (χ0n) is 16.7. The molecule has 0 saturated carbocycles. The van der Waals surface area contributed by atoms with E-state index in [1.54, 1.807) is 0 Å². The summed E-state index contributed by atoms with van der Waals surface area (Å²) in [5.41, 5.74) is 1.58. The van der Waals surface area contributed by atoms with E-state index >= 15 is 0 Å². The third kappa shape index (κ3) is 8.46. The summed E-state index contributed by atoms with van der Waals surface area (Å²) >= 11 is 0. The first-order valence-electron chi connectivity index (χ1n) is 9.14. The molecule has 0 fully saturated rings. The monoisotopic (exact) mass is 410 g/mol. The maximum atomic E-state index is 11.3. The Kier molecular flexibility index (Phi) is 9.44. The lowest BCUT2D eigenvalue weighted by molar-refractivity contribution is -0.147. The second kappa shape index (κ2) is 12.6. The van der Waals surface area contributed by atoms with Gasteiger partial charge in [0.2, 0.25) is 0 Å². The van der Waals surface area contributed by atoms with Gasteiger partial charge in [-0.1, -0.05) is 60.7 Å². The predicted molar refractivity (Wildman–Crippen MR) is 106 cm³/mol. The largest absolute Gasteiger partial charge is 0.456 e. The van der Waals surface area contributed by atoms with Crippen LogP contribution in [0.1, 0.15) is 37.2 Å². The molecular weight excluding hydrogens is 388 g/mol. The molecule has 0 aliphatic heterocycles. The van der Waals surface area contributed by atoms with E-state index in [-0.39, 0.29) is 13.1 Å². The van der Waals surface area contributed by atoms with Crippen LogP contribution in [0.2, 0.25) is 0 Å². The smallest absolute Gasteiger partial charge is 0.303 e. The lowest BCUT2D eigenvalue weighted by Gasteiger charge is -2.14. The Labute approximate surface area is 173 Å². The Hall–Kier alpha value is -3.82. The van der Waals surface area contributed by atoms with E-state index in [0.29, 0.717) is 0 Å². The van der Waals surface area contributed by atoms with Crippen LogP contribution >= 0.6 is 0 Å².